The number of benzene rings is 3. The molecule has 1 saturated heterocycles. The second kappa shape index (κ2) is 9.50. The summed E-state index contributed by atoms with van der Waals surface area (Å²) in [6.07, 6.45) is 1.18. The molecule has 0 radical (unpaired) electrons. The molecule has 1 N–H and O–H groups in total. The number of pyridine rings is 1. The van der Waals surface area contributed by atoms with E-state index in [2.05, 4.69) is 4.90 Å². The highest BCUT2D eigenvalue weighted by molar-refractivity contribution is 5.94. The van der Waals surface area contributed by atoms with E-state index in [1.165, 1.54) is 53.2 Å². The number of hydrogen-bond donors (Lipinski definition) is 1. The molecule has 5 rings (SSSR count). The first-order valence-corrected chi connectivity index (χ1v) is 11.4. The number of halogens is 3. The van der Waals surface area contributed by atoms with Crippen LogP contribution in [0.5, 0.6) is 0 Å². The average molecular weight is 493 g/mol. The lowest BCUT2D eigenvalue weighted by molar-refractivity contribution is 0.0695. The molecule has 1 aliphatic heterocycles. The van der Waals surface area contributed by atoms with Crippen LogP contribution < -0.4 is 10.3 Å². The molecular weight excluding hydrogens is 471 g/mol. The lowest BCUT2D eigenvalue weighted by Crippen LogP contribution is -2.46. The molecule has 0 bridgehead atoms. The van der Waals surface area contributed by atoms with Crippen molar-refractivity contribution in [1.82, 2.24) is 9.47 Å². The molecule has 4 aromatic rings. The van der Waals surface area contributed by atoms with Gasteiger partial charge >= 0.3 is 5.97 Å². The Hall–Kier alpha value is -4.11. The first-order valence-electron chi connectivity index (χ1n) is 11.4. The van der Waals surface area contributed by atoms with Gasteiger partial charge in [0.25, 0.3) is 0 Å². The Balaban J connectivity index is 1.49. The standard InChI is InChI=1S/C27H22F3N3O3/c28-18-3-1-17(2-4-18)15-31-9-11-32(12-10-31)25-14-24-21(13-23(25)30)26(34)22(27(35)36)16-33(24)20-7-5-19(29)6-8-20/h1-8,13-14,16H,9-12,15H2,(H,35,36). The van der Waals surface area contributed by atoms with E-state index in [0.717, 1.165) is 11.6 Å². The van der Waals surface area contributed by atoms with Crippen LogP contribution in [0.15, 0.2) is 71.7 Å². The van der Waals surface area contributed by atoms with Crippen LogP contribution in [-0.4, -0.2) is 46.7 Å². The van der Waals surface area contributed by atoms with Gasteiger partial charge in [0.1, 0.15) is 23.0 Å². The third-order valence-electron chi connectivity index (χ3n) is 6.44. The normalized spacial score (nSPS) is 14.4. The van der Waals surface area contributed by atoms with Gasteiger partial charge in [-0.3, -0.25) is 9.69 Å². The third-order valence-corrected chi connectivity index (χ3v) is 6.44. The van der Waals surface area contributed by atoms with Gasteiger partial charge in [-0.2, -0.15) is 0 Å². The maximum absolute atomic E-state index is 15.2. The lowest BCUT2D eigenvalue weighted by Gasteiger charge is -2.36. The zero-order chi connectivity index (χ0) is 25.4. The van der Waals surface area contributed by atoms with Gasteiger partial charge in [-0.25, -0.2) is 18.0 Å². The maximum atomic E-state index is 15.2. The van der Waals surface area contributed by atoms with Crippen molar-refractivity contribution >= 4 is 22.6 Å². The lowest BCUT2D eigenvalue weighted by atomic mass is 10.1. The third kappa shape index (κ3) is 4.57. The molecule has 0 atom stereocenters. The van der Waals surface area contributed by atoms with E-state index in [9.17, 15) is 23.5 Å². The average Bonchev–Trinajstić information content (AvgIpc) is 2.87. The predicted octanol–water partition coefficient (Wildman–Crippen LogP) is 4.43. The van der Waals surface area contributed by atoms with Crippen LogP contribution >= 0.6 is 0 Å². The van der Waals surface area contributed by atoms with Crippen molar-refractivity contribution in [2.45, 2.75) is 6.54 Å². The molecular formula is C27H22F3N3O3. The van der Waals surface area contributed by atoms with Gasteiger partial charge in [0, 0.05) is 50.0 Å². The maximum Gasteiger partial charge on any atom is 0.341 e. The van der Waals surface area contributed by atoms with Crippen LogP contribution in [-0.2, 0) is 6.54 Å². The van der Waals surface area contributed by atoms with Crippen molar-refractivity contribution in [3.63, 3.8) is 0 Å². The van der Waals surface area contributed by atoms with Crippen LogP contribution in [0.2, 0.25) is 0 Å². The predicted molar refractivity (Wildman–Crippen MR) is 130 cm³/mol. The van der Waals surface area contributed by atoms with Gasteiger partial charge in [0.2, 0.25) is 5.43 Å². The Morgan fingerprint density at radius 3 is 2.08 bits per heavy atom. The van der Waals surface area contributed by atoms with Crippen molar-refractivity contribution in [1.29, 1.82) is 0 Å². The van der Waals surface area contributed by atoms with Gasteiger partial charge in [-0.1, -0.05) is 12.1 Å². The molecule has 0 spiro atoms. The second-order valence-corrected chi connectivity index (χ2v) is 8.73. The van der Waals surface area contributed by atoms with Crippen molar-refractivity contribution < 1.29 is 23.1 Å². The number of carbonyl (C=O) groups is 1. The van der Waals surface area contributed by atoms with Crippen molar-refractivity contribution in [2.75, 3.05) is 31.1 Å². The summed E-state index contributed by atoms with van der Waals surface area (Å²) in [5.41, 5.74) is 0.743. The van der Waals surface area contributed by atoms with Crippen LogP contribution in [0.3, 0.4) is 0 Å². The van der Waals surface area contributed by atoms with Crippen molar-refractivity contribution in [3.05, 3.63) is 106 Å². The highest BCUT2D eigenvalue weighted by Gasteiger charge is 2.23. The minimum atomic E-state index is -1.43. The smallest absolute Gasteiger partial charge is 0.341 e. The van der Waals surface area contributed by atoms with Gasteiger partial charge in [-0.05, 0) is 54.1 Å². The molecule has 0 saturated carbocycles. The van der Waals surface area contributed by atoms with E-state index in [0.29, 0.717) is 49.6 Å². The molecule has 0 amide bonds. The second-order valence-electron chi connectivity index (χ2n) is 8.73. The fraction of sp³-hybridized carbons (Fsp3) is 0.185. The first kappa shape index (κ1) is 23.6. The summed E-state index contributed by atoms with van der Waals surface area (Å²) in [6.45, 7) is 3.00. The van der Waals surface area contributed by atoms with Crippen LogP contribution in [0.4, 0.5) is 18.9 Å². The van der Waals surface area contributed by atoms with E-state index in [4.69, 9.17) is 0 Å². The number of fused-ring (bicyclic) bond motifs is 1. The quantitative estimate of drug-likeness (QED) is 0.446. The highest BCUT2D eigenvalue weighted by Crippen LogP contribution is 2.28. The summed E-state index contributed by atoms with van der Waals surface area (Å²) in [7, 11) is 0. The fourth-order valence-electron chi connectivity index (χ4n) is 4.54. The molecule has 184 valence electrons. The molecule has 2 heterocycles. The Morgan fingerprint density at radius 2 is 1.47 bits per heavy atom. The Morgan fingerprint density at radius 1 is 0.861 bits per heavy atom. The molecule has 1 fully saturated rings. The van der Waals surface area contributed by atoms with E-state index < -0.39 is 28.6 Å². The van der Waals surface area contributed by atoms with Crippen LogP contribution in [0.25, 0.3) is 16.6 Å². The molecule has 1 aromatic heterocycles. The summed E-state index contributed by atoms with van der Waals surface area (Å²) in [5.74, 6) is -2.81. The summed E-state index contributed by atoms with van der Waals surface area (Å²) >= 11 is 0. The highest BCUT2D eigenvalue weighted by atomic mass is 19.1. The number of rotatable bonds is 5. The van der Waals surface area contributed by atoms with Crippen molar-refractivity contribution in [2.24, 2.45) is 0 Å². The van der Waals surface area contributed by atoms with Crippen molar-refractivity contribution in [3.8, 4) is 5.69 Å². The van der Waals surface area contributed by atoms with Crippen LogP contribution in [0, 0.1) is 17.5 Å². The summed E-state index contributed by atoms with van der Waals surface area (Å²) in [4.78, 5) is 28.6. The molecule has 0 unspecified atom stereocenters. The topological polar surface area (TPSA) is 65.8 Å². The monoisotopic (exact) mass is 493 g/mol. The van der Waals surface area contributed by atoms with Gasteiger partial charge in [-0.15, -0.1) is 0 Å². The zero-order valence-corrected chi connectivity index (χ0v) is 19.1. The molecule has 36 heavy (non-hydrogen) atoms. The van der Waals surface area contributed by atoms with E-state index in [1.807, 2.05) is 4.90 Å². The minimum Gasteiger partial charge on any atom is -0.477 e. The molecule has 9 heteroatoms. The zero-order valence-electron chi connectivity index (χ0n) is 19.1. The number of aromatic nitrogens is 1. The first-order chi connectivity index (χ1) is 17.3. The van der Waals surface area contributed by atoms with E-state index in [-0.39, 0.29) is 11.2 Å². The largest absolute Gasteiger partial charge is 0.477 e. The van der Waals surface area contributed by atoms with Gasteiger partial charge < -0.3 is 14.6 Å². The van der Waals surface area contributed by atoms with E-state index >= 15 is 4.39 Å². The SMILES string of the molecule is O=C(O)c1cn(-c2ccc(F)cc2)c2cc(N3CCN(Cc4ccc(F)cc4)CC3)c(F)cc2c1=O. The summed E-state index contributed by atoms with van der Waals surface area (Å²) in [6, 6.07) is 14.3. The molecule has 1 aliphatic rings. The van der Waals surface area contributed by atoms with Gasteiger partial charge in [0.05, 0.1) is 11.2 Å². The number of hydrogen-bond acceptors (Lipinski definition) is 4. The molecule has 3 aromatic carbocycles. The summed E-state index contributed by atoms with van der Waals surface area (Å²) < 4.78 is 43.4. The Bertz CT molecular complexity index is 1490. The minimum absolute atomic E-state index is 0.0737. The van der Waals surface area contributed by atoms with Crippen LogP contribution in [0.1, 0.15) is 15.9 Å². The fourth-order valence-corrected chi connectivity index (χ4v) is 4.54. The number of carboxylic acids is 1. The molecule has 0 aliphatic carbocycles. The number of piperazine rings is 1. The number of aromatic carboxylic acids is 1. The Kier molecular flexibility index (Phi) is 6.24. The number of carboxylic acid groups (broad SMARTS) is 1. The molecule has 6 nitrogen and oxygen atoms in total. The number of nitrogens with zero attached hydrogens (tertiary/aromatic N) is 3. The number of anilines is 1. The van der Waals surface area contributed by atoms with E-state index in [1.54, 1.807) is 12.1 Å². The van der Waals surface area contributed by atoms with Gasteiger partial charge in [0.15, 0.2) is 0 Å². The Labute approximate surface area is 204 Å². The summed E-state index contributed by atoms with van der Waals surface area (Å²) in [5, 5.41) is 9.44.